The number of thiocarbonyl (C=S) groups is 1. The van der Waals surface area contributed by atoms with E-state index in [0.29, 0.717) is 22.2 Å². The summed E-state index contributed by atoms with van der Waals surface area (Å²) in [4.78, 5) is 18.9. The summed E-state index contributed by atoms with van der Waals surface area (Å²) >= 11 is 5.89. The minimum atomic E-state index is -0.395. The standard InChI is InChI=1S/C28H26N4O4S/c1-34-20-12-13-24(35-2)23(17-20)32-26(25(30-28(32)37)21-10-4-5-14-29-21)22-11-7-15-31(22)19-9-6-8-18(16-19)27(33)36-3/h4-17,25-26H,1-3H3,(H,30,37). The number of hydrogen-bond donors (Lipinski definition) is 1. The van der Waals surface area contributed by atoms with E-state index in [1.165, 1.54) is 7.11 Å². The number of rotatable bonds is 7. The van der Waals surface area contributed by atoms with Gasteiger partial charge in [0.25, 0.3) is 0 Å². The first-order chi connectivity index (χ1) is 18.0. The number of methoxy groups -OCH3 is 3. The van der Waals surface area contributed by atoms with Crippen LogP contribution in [0.25, 0.3) is 5.69 Å². The molecule has 1 aliphatic rings. The van der Waals surface area contributed by atoms with Gasteiger partial charge in [-0.05, 0) is 66.8 Å². The maximum Gasteiger partial charge on any atom is 0.337 e. The monoisotopic (exact) mass is 514 g/mol. The number of pyridine rings is 1. The lowest BCUT2D eigenvalue weighted by Gasteiger charge is -2.30. The molecule has 1 fully saturated rings. The Kier molecular flexibility index (Phi) is 6.78. The Morgan fingerprint density at radius 1 is 0.973 bits per heavy atom. The van der Waals surface area contributed by atoms with E-state index in [4.69, 9.17) is 26.4 Å². The maximum atomic E-state index is 12.2. The number of carbonyl (C=O) groups excluding carboxylic acids is 1. The van der Waals surface area contributed by atoms with Crippen LogP contribution in [-0.2, 0) is 4.74 Å². The van der Waals surface area contributed by atoms with E-state index in [9.17, 15) is 4.79 Å². The number of hydrogen-bond acceptors (Lipinski definition) is 6. The summed E-state index contributed by atoms with van der Waals surface area (Å²) in [5.41, 5.74) is 3.83. The summed E-state index contributed by atoms with van der Waals surface area (Å²) in [6.45, 7) is 0. The van der Waals surface area contributed by atoms with Gasteiger partial charge in [-0.3, -0.25) is 4.98 Å². The molecule has 188 valence electrons. The smallest absolute Gasteiger partial charge is 0.337 e. The molecule has 2 atom stereocenters. The Morgan fingerprint density at radius 3 is 2.57 bits per heavy atom. The quantitative estimate of drug-likeness (QED) is 0.277. The van der Waals surface area contributed by atoms with E-state index < -0.39 is 5.97 Å². The highest BCUT2D eigenvalue weighted by molar-refractivity contribution is 7.80. The number of esters is 1. The summed E-state index contributed by atoms with van der Waals surface area (Å²) < 4.78 is 18.2. The average Bonchev–Trinajstić information content (AvgIpc) is 3.57. The molecule has 0 aliphatic carbocycles. The van der Waals surface area contributed by atoms with Crippen molar-refractivity contribution in [3.63, 3.8) is 0 Å². The molecule has 2 aromatic heterocycles. The van der Waals surface area contributed by atoms with Gasteiger partial charge in [-0.15, -0.1) is 0 Å². The second kappa shape index (κ2) is 10.3. The van der Waals surface area contributed by atoms with Gasteiger partial charge < -0.3 is 29.0 Å². The normalized spacial score (nSPS) is 16.8. The summed E-state index contributed by atoms with van der Waals surface area (Å²) in [5, 5.41) is 4.01. The Labute approximate surface area is 220 Å². The Morgan fingerprint density at radius 2 is 1.84 bits per heavy atom. The Bertz CT molecular complexity index is 1440. The maximum absolute atomic E-state index is 12.2. The van der Waals surface area contributed by atoms with Gasteiger partial charge >= 0.3 is 5.97 Å². The van der Waals surface area contributed by atoms with Crippen LogP contribution in [0.3, 0.4) is 0 Å². The van der Waals surface area contributed by atoms with Crippen molar-refractivity contribution in [2.75, 3.05) is 26.2 Å². The van der Waals surface area contributed by atoms with E-state index in [0.717, 1.165) is 22.8 Å². The van der Waals surface area contributed by atoms with Crippen LogP contribution in [-0.4, -0.2) is 42.0 Å². The van der Waals surface area contributed by atoms with Crippen molar-refractivity contribution in [2.24, 2.45) is 0 Å². The highest BCUT2D eigenvalue weighted by Crippen LogP contribution is 2.46. The van der Waals surface area contributed by atoms with E-state index in [2.05, 4.69) is 10.3 Å². The number of aromatic nitrogens is 2. The van der Waals surface area contributed by atoms with Crippen LogP contribution in [0, 0.1) is 0 Å². The van der Waals surface area contributed by atoms with Gasteiger partial charge in [-0.1, -0.05) is 12.1 Å². The molecule has 1 aliphatic heterocycles. The van der Waals surface area contributed by atoms with Crippen molar-refractivity contribution >= 4 is 29.0 Å². The lowest BCUT2D eigenvalue weighted by molar-refractivity contribution is 0.0600. The van der Waals surface area contributed by atoms with E-state index >= 15 is 0 Å². The molecule has 5 rings (SSSR count). The van der Waals surface area contributed by atoms with E-state index in [-0.39, 0.29) is 12.1 Å². The first-order valence-corrected chi connectivity index (χ1v) is 12.0. The van der Waals surface area contributed by atoms with Crippen molar-refractivity contribution in [2.45, 2.75) is 12.1 Å². The van der Waals surface area contributed by atoms with Crippen LogP contribution in [0.1, 0.15) is 33.8 Å². The third kappa shape index (κ3) is 4.49. The molecule has 0 radical (unpaired) electrons. The highest BCUT2D eigenvalue weighted by Gasteiger charge is 2.43. The minimum Gasteiger partial charge on any atom is -0.497 e. The van der Waals surface area contributed by atoms with Crippen molar-refractivity contribution in [1.82, 2.24) is 14.9 Å². The van der Waals surface area contributed by atoms with Crippen LogP contribution in [0.4, 0.5) is 5.69 Å². The minimum absolute atomic E-state index is 0.262. The second-order valence-electron chi connectivity index (χ2n) is 8.38. The predicted molar refractivity (Wildman–Crippen MR) is 145 cm³/mol. The fourth-order valence-electron chi connectivity index (χ4n) is 4.67. The Hall–Kier alpha value is -4.37. The zero-order chi connectivity index (χ0) is 25.9. The molecule has 9 heteroatoms. The van der Waals surface area contributed by atoms with Gasteiger partial charge in [-0.25, -0.2) is 4.79 Å². The number of nitrogens with one attached hydrogen (secondary N) is 1. The van der Waals surface area contributed by atoms with Gasteiger partial charge in [0.15, 0.2) is 5.11 Å². The van der Waals surface area contributed by atoms with Gasteiger partial charge in [0.2, 0.25) is 0 Å². The van der Waals surface area contributed by atoms with Gasteiger partial charge in [0.1, 0.15) is 17.5 Å². The summed E-state index contributed by atoms with van der Waals surface area (Å²) in [6.07, 6.45) is 3.73. The average molecular weight is 515 g/mol. The number of anilines is 1. The molecule has 3 heterocycles. The number of benzene rings is 2. The van der Waals surface area contributed by atoms with Crippen molar-refractivity contribution in [1.29, 1.82) is 0 Å². The second-order valence-corrected chi connectivity index (χ2v) is 8.77. The molecule has 2 unspecified atom stereocenters. The Balaban J connectivity index is 1.69. The van der Waals surface area contributed by atoms with Crippen LogP contribution < -0.4 is 19.7 Å². The third-order valence-electron chi connectivity index (χ3n) is 6.37. The molecule has 0 bridgehead atoms. The summed E-state index contributed by atoms with van der Waals surface area (Å²) in [6, 6.07) is 22.2. The molecule has 8 nitrogen and oxygen atoms in total. The predicted octanol–water partition coefficient (Wildman–Crippen LogP) is 4.85. The molecule has 2 aromatic carbocycles. The number of carbonyl (C=O) groups is 1. The molecule has 0 spiro atoms. The van der Waals surface area contributed by atoms with Gasteiger partial charge in [0, 0.05) is 29.8 Å². The molecule has 1 saturated heterocycles. The van der Waals surface area contributed by atoms with Crippen LogP contribution in [0.5, 0.6) is 11.5 Å². The van der Waals surface area contributed by atoms with Gasteiger partial charge in [-0.2, -0.15) is 0 Å². The largest absolute Gasteiger partial charge is 0.497 e. The lowest BCUT2D eigenvalue weighted by Crippen LogP contribution is -2.30. The zero-order valence-electron chi connectivity index (χ0n) is 20.6. The third-order valence-corrected chi connectivity index (χ3v) is 6.69. The van der Waals surface area contributed by atoms with Crippen molar-refractivity contribution in [3.05, 3.63) is 102 Å². The fraction of sp³-hybridized carbons (Fsp3) is 0.179. The molecular weight excluding hydrogens is 488 g/mol. The van der Waals surface area contributed by atoms with Crippen molar-refractivity contribution < 1.29 is 19.0 Å². The molecular formula is C28H26N4O4S. The molecule has 37 heavy (non-hydrogen) atoms. The fourth-order valence-corrected chi connectivity index (χ4v) is 5.01. The summed E-state index contributed by atoms with van der Waals surface area (Å²) in [7, 11) is 4.63. The van der Waals surface area contributed by atoms with Crippen LogP contribution in [0.2, 0.25) is 0 Å². The lowest BCUT2D eigenvalue weighted by atomic mass is 10.0. The number of ether oxygens (including phenoxy) is 3. The van der Waals surface area contributed by atoms with Crippen molar-refractivity contribution in [3.8, 4) is 17.2 Å². The van der Waals surface area contributed by atoms with Crippen LogP contribution in [0.15, 0.2) is 85.2 Å². The van der Waals surface area contributed by atoms with Gasteiger partial charge in [0.05, 0.1) is 44.3 Å². The first kappa shape index (κ1) is 24.3. The SMILES string of the molecule is COC(=O)c1cccc(-n2cccc2C2C(c3ccccn3)NC(=S)N2c2cc(OC)ccc2OC)c1. The van der Waals surface area contributed by atoms with Crippen LogP contribution >= 0.6 is 12.2 Å². The molecule has 0 amide bonds. The first-order valence-electron chi connectivity index (χ1n) is 11.6. The highest BCUT2D eigenvalue weighted by atomic mass is 32.1. The van der Waals surface area contributed by atoms with E-state index in [1.807, 2.05) is 82.4 Å². The zero-order valence-corrected chi connectivity index (χ0v) is 21.4. The van der Waals surface area contributed by atoms with E-state index in [1.54, 1.807) is 26.5 Å². The molecule has 0 saturated carbocycles. The summed E-state index contributed by atoms with van der Waals surface area (Å²) in [5.74, 6) is 0.940. The topological polar surface area (TPSA) is 77.9 Å². The number of nitrogens with zero attached hydrogens (tertiary/aromatic N) is 3. The molecule has 1 N–H and O–H groups in total. The molecule has 4 aromatic rings.